The molecule has 0 aliphatic heterocycles. The minimum atomic E-state index is -1.31. The Morgan fingerprint density at radius 3 is 2.57 bits per heavy atom. The number of methoxy groups -OCH3 is 1. The van der Waals surface area contributed by atoms with Crippen LogP contribution in [0.1, 0.15) is 43.7 Å². The van der Waals surface area contributed by atoms with Gasteiger partial charge in [-0.3, -0.25) is 0 Å². The molecule has 1 aromatic carbocycles. The minimum absolute atomic E-state index is 0.0649. The third-order valence-electron chi connectivity index (χ3n) is 3.78. The van der Waals surface area contributed by atoms with Crippen molar-refractivity contribution in [2.75, 3.05) is 7.11 Å². The van der Waals surface area contributed by atoms with Crippen LogP contribution in [0.2, 0.25) is 0 Å². The van der Waals surface area contributed by atoms with Crippen molar-refractivity contribution in [1.29, 1.82) is 0 Å². The van der Waals surface area contributed by atoms with Gasteiger partial charge in [0.2, 0.25) is 0 Å². The molecule has 152 valence electrons. The highest BCUT2D eigenvalue weighted by molar-refractivity contribution is 9.10. The number of ether oxygens (including phenoxy) is 2. The van der Waals surface area contributed by atoms with Crippen molar-refractivity contribution in [2.24, 2.45) is 0 Å². The Morgan fingerprint density at radius 1 is 1.29 bits per heavy atom. The fourth-order valence-electron chi connectivity index (χ4n) is 2.58. The van der Waals surface area contributed by atoms with Gasteiger partial charge < -0.3 is 14.8 Å². The number of carbonyl (C=O) groups excluding carboxylic acids is 2. The van der Waals surface area contributed by atoms with Gasteiger partial charge in [-0.05, 0) is 45.9 Å². The van der Waals surface area contributed by atoms with E-state index in [1.807, 2.05) is 0 Å². The predicted octanol–water partition coefficient (Wildman–Crippen LogP) is 3.41. The quantitative estimate of drug-likeness (QED) is 0.692. The molecule has 0 spiro atoms. The first-order chi connectivity index (χ1) is 12.9. The first-order valence-corrected chi connectivity index (χ1v) is 9.18. The second-order valence-corrected chi connectivity index (χ2v) is 8.27. The van der Waals surface area contributed by atoms with Crippen molar-refractivity contribution in [3.8, 4) is 0 Å². The predicted molar refractivity (Wildman–Crippen MR) is 102 cm³/mol. The zero-order chi connectivity index (χ0) is 21.1. The van der Waals surface area contributed by atoms with Gasteiger partial charge in [-0.15, -0.1) is 5.10 Å². The number of esters is 1. The normalized spacial score (nSPS) is 13.5. The third-order valence-corrected chi connectivity index (χ3v) is 4.27. The van der Waals surface area contributed by atoms with Crippen LogP contribution in [-0.4, -0.2) is 39.8 Å². The van der Waals surface area contributed by atoms with E-state index in [0.29, 0.717) is 4.47 Å². The SMILES string of the molecule is COC(=O)c1cnnn1C[C@](C)(NC(=O)OC(C)(C)C)c1cc(Br)ccc1F. The van der Waals surface area contributed by atoms with Crippen LogP contribution in [0.3, 0.4) is 0 Å². The van der Waals surface area contributed by atoms with Crippen molar-refractivity contribution in [1.82, 2.24) is 20.3 Å². The molecule has 0 saturated heterocycles. The van der Waals surface area contributed by atoms with E-state index >= 15 is 0 Å². The number of rotatable bonds is 5. The monoisotopic (exact) mass is 456 g/mol. The topological polar surface area (TPSA) is 95.3 Å². The van der Waals surface area contributed by atoms with Crippen LogP contribution in [0.5, 0.6) is 0 Å². The number of hydrogen-bond donors (Lipinski definition) is 1. The van der Waals surface area contributed by atoms with Gasteiger partial charge in [0.15, 0.2) is 5.69 Å². The van der Waals surface area contributed by atoms with Crippen molar-refractivity contribution >= 4 is 28.0 Å². The molecule has 0 unspecified atom stereocenters. The molecule has 0 radical (unpaired) electrons. The molecule has 8 nitrogen and oxygen atoms in total. The lowest BCUT2D eigenvalue weighted by Gasteiger charge is -2.33. The van der Waals surface area contributed by atoms with Gasteiger partial charge in [0.1, 0.15) is 11.4 Å². The van der Waals surface area contributed by atoms with Gasteiger partial charge in [0.25, 0.3) is 0 Å². The van der Waals surface area contributed by atoms with E-state index in [4.69, 9.17) is 9.47 Å². The summed E-state index contributed by atoms with van der Waals surface area (Å²) in [7, 11) is 1.23. The van der Waals surface area contributed by atoms with E-state index in [0.717, 1.165) is 0 Å². The van der Waals surface area contributed by atoms with Gasteiger partial charge in [0, 0.05) is 10.0 Å². The zero-order valence-electron chi connectivity index (χ0n) is 16.2. The van der Waals surface area contributed by atoms with Gasteiger partial charge in [0.05, 0.1) is 25.4 Å². The Kier molecular flexibility index (Phi) is 6.43. The molecule has 0 bridgehead atoms. The Balaban J connectivity index is 2.47. The van der Waals surface area contributed by atoms with E-state index in [9.17, 15) is 14.0 Å². The van der Waals surface area contributed by atoms with Crippen LogP contribution in [0, 0.1) is 5.82 Å². The highest BCUT2D eigenvalue weighted by atomic mass is 79.9. The first-order valence-electron chi connectivity index (χ1n) is 8.39. The van der Waals surface area contributed by atoms with Gasteiger partial charge in [-0.25, -0.2) is 18.7 Å². The largest absolute Gasteiger partial charge is 0.464 e. The summed E-state index contributed by atoms with van der Waals surface area (Å²) < 4.78 is 26.5. The molecule has 1 atom stereocenters. The molecule has 1 amide bonds. The highest BCUT2D eigenvalue weighted by Crippen LogP contribution is 2.29. The lowest BCUT2D eigenvalue weighted by atomic mass is 9.91. The molecule has 1 N–H and O–H groups in total. The fraction of sp³-hybridized carbons (Fsp3) is 0.444. The molecular weight excluding hydrogens is 435 g/mol. The summed E-state index contributed by atoms with van der Waals surface area (Å²) in [4.78, 5) is 24.4. The maximum absolute atomic E-state index is 14.7. The first kappa shape index (κ1) is 21.8. The lowest BCUT2D eigenvalue weighted by molar-refractivity contribution is 0.0444. The van der Waals surface area contributed by atoms with Crippen molar-refractivity contribution in [2.45, 2.75) is 45.4 Å². The number of carbonyl (C=O) groups is 2. The number of alkyl carbamates (subject to hydrolysis) is 1. The van der Waals surface area contributed by atoms with Gasteiger partial charge >= 0.3 is 12.1 Å². The molecule has 0 aliphatic rings. The average Bonchev–Trinajstić information content (AvgIpc) is 3.02. The number of amides is 1. The summed E-state index contributed by atoms with van der Waals surface area (Å²) in [6.45, 7) is 6.66. The molecule has 1 heterocycles. The summed E-state index contributed by atoms with van der Waals surface area (Å²) in [5.41, 5.74) is -1.81. The summed E-state index contributed by atoms with van der Waals surface area (Å²) >= 11 is 3.31. The second kappa shape index (κ2) is 8.26. The number of halogens is 2. The van der Waals surface area contributed by atoms with Crippen LogP contribution in [0.15, 0.2) is 28.9 Å². The summed E-state index contributed by atoms with van der Waals surface area (Å²) in [5.74, 6) is -1.19. The summed E-state index contributed by atoms with van der Waals surface area (Å²) in [6, 6.07) is 4.36. The molecule has 2 rings (SSSR count). The zero-order valence-corrected chi connectivity index (χ0v) is 17.8. The molecule has 10 heteroatoms. The maximum atomic E-state index is 14.7. The number of nitrogens with zero attached hydrogens (tertiary/aromatic N) is 3. The Hall–Kier alpha value is -2.49. The van der Waals surface area contributed by atoms with Crippen molar-refractivity contribution in [3.05, 3.63) is 45.9 Å². The fourth-order valence-corrected chi connectivity index (χ4v) is 2.94. The molecule has 0 aliphatic carbocycles. The highest BCUT2D eigenvalue weighted by Gasteiger charge is 2.35. The summed E-state index contributed by atoms with van der Waals surface area (Å²) in [6.07, 6.45) is 0.492. The van der Waals surface area contributed by atoms with Crippen molar-refractivity contribution < 1.29 is 23.5 Å². The molecule has 0 fully saturated rings. The molecule has 28 heavy (non-hydrogen) atoms. The molecule has 1 aromatic heterocycles. The van der Waals surface area contributed by atoms with Crippen LogP contribution in [-0.2, 0) is 21.6 Å². The van der Waals surface area contributed by atoms with Crippen LogP contribution < -0.4 is 5.32 Å². The summed E-state index contributed by atoms with van der Waals surface area (Å²) in [5, 5.41) is 10.3. The molecular formula is C18H22BrFN4O4. The van der Waals surface area contributed by atoms with Crippen LogP contribution in [0.25, 0.3) is 0 Å². The number of benzene rings is 1. The second-order valence-electron chi connectivity index (χ2n) is 7.35. The van der Waals surface area contributed by atoms with E-state index in [1.54, 1.807) is 39.8 Å². The number of aromatic nitrogens is 3. The van der Waals surface area contributed by atoms with Crippen molar-refractivity contribution in [3.63, 3.8) is 0 Å². The maximum Gasteiger partial charge on any atom is 0.408 e. The molecule has 0 saturated carbocycles. The Morgan fingerprint density at radius 2 is 1.96 bits per heavy atom. The van der Waals surface area contributed by atoms with Crippen LogP contribution in [0.4, 0.5) is 9.18 Å². The van der Waals surface area contributed by atoms with E-state index in [2.05, 4.69) is 31.6 Å². The smallest absolute Gasteiger partial charge is 0.408 e. The van der Waals surface area contributed by atoms with Crippen LogP contribution >= 0.6 is 15.9 Å². The lowest BCUT2D eigenvalue weighted by Crippen LogP contribution is -2.49. The van der Waals surface area contributed by atoms with E-state index < -0.39 is 29.0 Å². The number of hydrogen-bond acceptors (Lipinski definition) is 6. The number of nitrogens with one attached hydrogen (secondary N) is 1. The Labute approximate surface area is 170 Å². The van der Waals surface area contributed by atoms with Gasteiger partial charge in [-0.1, -0.05) is 21.1 Å². The standard InChI is InChI=1S/C18H22BrFN4O4/c1-17(2,3)28-16(26)22-18(4,12-8-11(19)6-7-13(12)20)10-24-14(9-21-23-24)15(25)27-5/h6-9H,10H2,1-5H3,(H,22,26)/t18-/m0/s1. The molecule has 2 aromatic rings. The van der Waals surface area contributed by atoms with E-state index in [-0.39, 0.29) is 17.8 Å². The Bertz CT molecular complexity index is 881. The average molecular weight is 457 g/mol. The third kappa shape index (κ3) is 5.28. The van der Waals surface area contributed by atoms with E-state index in [1.165, 1.54) is 24.1 Å². The minimum Gasteiger partial charge on any atom is -0.464 e. The van der Waals surface area contributed by atoms with Gasteiger partial charge in [-0.2, -0.15) is 0 Å².